The first-order valence-corrected chi connectivity index (χ1v) is 9.49. The maximum absolute atomic E-state index is 12.5. The van der Waals surface area contributed by atoms with Crippen LogP contribution < -0.4 is 0 Å². The van der Waals surface area contributed by atoms with E-state index in [0.29, 0.717) is 22.2 Å². The maximum Gasteiger partial charge on any atom is 0.305 e. The highest BCUT2D eigenvalue weighted by Gasteiger charge is 2.31. The van der Waals surface area contributed by atoms with Gasteiger partial charge in [0.15, 0.2) is 0 Å². The fourth-order valence-corrected chi connectivity index (χ4v) is 4.39. The largest absolute Gasteiger partial charge is 0.469 e. The van der Waals surface area contributed by atoms with Crippen LogP contribution in [0.5, 0.6) is 0 Å². The maximum atomic E-state index is 12.5. The average Bonchev–Trinajstić information content (AvgIpc) is 3.04. The van der Waals surface area contributed by atoms with Crippen molar-refractivity contribution in [2.45, 2.75) is 32.6 Å². The Morgan fingerprint density at radius 3 is 2.83 bits per heavy atom. The number of aryl methyl sites for hydroxylation is 1. The molecule has 1 fully saturated rings. The first-order chi connectivity index (χ1) is 11.0. The standard InChI is InChI=1S/C16H19NO3S3/c1-11-7-9-22-12(11)10-13-15(19)17(16(21)23-13)8-5-3-4-6-14(18)20-2/h7,9-10H,3-6,8H2,1-2H3/b13-10+. The van der Waals surface area contributed by atoms with Crippen LogP contribution in [-0.2, 0) is 14.3 Å². The molecule has 0 saturated carbocycles. The van der Waals surface area contributed by atoms with Gasteiger partial charge in [0.05, 0.1) is 12.0 Å². The van der Waals surface area contributed by atoms with Crippen LogP contribution >= 0.6 is 35.3 Å². The van der Waals surface area contributed by atoms with Crippen molar-refractivity contribution in [2.75, 3.05) is 13.7 Å². The molecule has 2 heterocycles. The first kappa shape index (κ1) is 18.2. The summed E-state index contributed by atoms with van der Waals surface area (Å²) >= 11 is 8.30. The highest BCUT2D eigenvalue weighted by molar-refractivity contribution is 8.26. The zero-order valence-electron chi connectivity index (χ0n) is 13.2. The normalized spacial score (nSPS) is 16.4. The number of carbonyl (C=O) groups excluding carboxylic acids is 2. The molecule has 1 aliphatic heterocycles. The number of methoxy groups -OCH3 is 1. The summed E-state index contributed by atoms with van der Waals surface area (Å²) < 4.78 is 5.22. The first-order valence-electron chi connectivity index (χ1n) is 7.39. The van der Waals surface area contributed by atoms with E-state index in [1.807, 2.05) is 24.4 Å². The molecule has 0 aliphatic carbocycles. The lowest BCUT2D eigenvalue weighted by Crippen LogP contribution is -2.29. The Kier molecular flexibility index (Phi) is 6.80. The number of amides is 1. The van der Waals surface area contributed by atoms with Crippen molar-refractivity contribution in [3.8, 4) is 0 Å². The van der Waals surface area contributed by atoms with Gasteiger partial charge >= 0.3 is 5.97 Å². The lowest BCUT2D eigenvalue weighted by atomic mass is 10.2. The summed E-state index contributed by atoms with van der Waals surface area (Å²) in [6.45, 7) is 2.64. The minimum atomic E-state index is -0.190. The molecule has 7 heteroatoms. The minimum absolute atomic E-state index is 0.0132. The molecule has 1 aliphatic rings. The van der Waals surface area contributed by atoms with Crippen molar-refractivity contribution >= 4 is 57.6 Å². The van der Waals surface area contributed by atoms with Crippen molar-refractivity contribution in [1.29, 1.82) is 0 Å². The number of thiocarbonyl (C=S) groups is 1. The van der Waals surface area contributed by atoms with E-state index in [1.165, 1.54) is 24.4 Å². The number of hydrogen-bond donors (Lipinski definition) is 0. The molecule has 0 radical (unpaired) electrons. The Labute approximate surface area is 149 Å². The molecule has 2 rings (SSSR count). The SMILES string of the molecule is COC(=O)CCCCCN1C(=O)/C(=C\c2sccc2C)SC1=S. The van der Waals surface area contributed by atoms with E-state index in [2.05, 4.69) is 4.74 Å². The van der Waals surface area contributed by atoms with Gasteiger partial charge in [-0.3, -0.25) is 14.5 Å². The number of esters is 1. The highest BCUT2D eigenvalue weighted by atomic mass is 32.2. The number of thiophene rings is 1. The zero-order valence-corrected chi connectivity index (χ0v) is 15.6. The predicted molar refractivity (Wildman–Crippen MR) is 99.4 cm³/mol. The van der Waals surface area contributed by atoms with Gasteiger partial charge in [-0.2, -0.15) is 0 Å². The van der Waals surface area contributed by atoms with Crippen molar-refractivity contribution in [3.63, 3.8) is 0 Å². The summed E-state index contributed by atoms with van der Waals surface area (Å²) in [4.78, 5) is 26.9. The lowest BCUT2D eigenvalue weighted by molar-refractivity contribution is -0.140. The Morgan fingerprint density at radius 2 is 2.17 bits per heavy atom. The highest BCUT2D eigenvalue weighted by Crippen LogP contribution is 2.34. The zero-order chi connectivity index (χ0) is 16.8. The summed E-state index contributed by atoms with van der Waals surface area (Å²) in [5, 5.41) is 2.02. The van der Waals surface area contributed by atoms with Crippen LogP contribution in [0, 0.1) is 6.92 Å². The number of thioether (sulfide) groups is 1. The van der Waals surface area contributed by atoms with Crippen molar-refractivity contribution in [3.05, 3.63) is 26.8 Å². The summed E-state index contributed by atoms with van der Waals surface area (Å²) in [7, 11) is 1.39. The summed E-state index contributed by atoms with van der Waals surface area (Å²) in [6, 6.07) is 2.04. The third-order valence-electron chi connectivity index (χ3n) is 3.53. The summed E-state index contributed by atoms with van der Waals surface area (Å²) in [5.74, 6) is -0.203. The van der Waals surface area contributed by atoms with Gasteiger partial charge in [0, 0.05) is 17.8 Å². The molecule has 1 amide bonds. The molecule has 0 unspecified atom stereocenters. The second kappa shape index (κ2) is 8.61. The number of ether oxygens (including phenoxy) is 1. The van der Waals surface area contributed by atoms with Gasteiger partial charge in [-0.25, -0.2) is 0 Å². The van der Waals surface area contributed by atoms with Crippen LogP contribution in [0.25, 0.3) is 6.08 Å². The second-order valence-electron chi connectivity index (χ2n) is 5.19. The molecule has 23 heavy (non-hydrogen) atoms. The molecule has 124 valence electrons. The van der Waals surface area contributed by atoms with Gasteiger partial charge in [0.25, 0.3) is 5.91 Å². The summed E-state index contributed by atoms with van der Waals surface area (Å²) in [6.07, 6.45) is 4.82. The molecule has 0 spiro atoms. The van der Waals surface area contributed by atoms with Crippen molar-refractivity contribution in [2.24, 2.45) is 0 Å². The van der Waals surface area contributed by atoms with E-state index in [9.17, 15) is 9.59 Å². The van der Waals surface area contributed by atoms with Crippen molar-refractivity contribution in [1.82, 2.24) is 4.90 Å². The van der Waals surface area contributed by atoms with Gasteiger partial charge in [-0.05, 0) is 42.9 Å². The Hall–Kier alpha value is -1.18. The molecule has 0 aromatic carbocycles. The number of unbranched alkanes of at least 4 members (excludes halogenated alkanes) is 2. The molecular weight excluding hydrogens is 350 g/mol. The van der Waals surface area contributed by atoms with Crippen molar-refractivity contribution < 1.29 is 14.3 Å². The predicted octanol–water partition coefficient (Wildman–Crippen LogP) is 3.99. The van der Waals surface area contributed by atoms with Crippen LogP contribution in [0.2, 0.25) is 0 Å². The second-order valence-corrected chi connectivity index (χ2v) is 7.81. The molecule has 0 atom stereocenters. The van der Waals surface area contributed by atoms with E-state index in [4.69, 9.17) is 12.2 Å². The number of carbonyl (C=O) groups is 2. The molecule has 1 aromatic rings. The van der Waals surface area contributed by atoms with Crippen LogP contribution in [-0.4, -0.2) is 34.8 Å². The van der Waals surface area contributed by atoms with E-state index >= 15 is 0 Å². The molecule has 0 bridgehead atoms. The van der Waals surface area contributed by atoms with Gasteiger partial charge in [-0.1, -0.05) is 30.4 Å². The number of nitrogens with zero attached hydrogens (tertiary/aromatic N) is 1. The Bertz CT molecular complexity index is 636. The van der Waals surface area contributed by atoms with Gasteiger partial charge in [-0.15, -0.1) is 11.3 Å². The minimum Gasteiger partial charge on any atom is -0.469 e. The van der Waals surface area contributed by atoms with Crippen LogP contribution in [0.4, 0.5) is 0 Å². The van der Waals surface area contributed by atoms with Crippen LogP contribution in [0.3, 0.4) is 0 Å². The molecule has 1 saturated heterocycles. The van der Waals surface area contributed by atoms with Crippen LogP contribution in [0.15, 0.2) is 16.4 Å². The van der Waals surface area contributed by atoms with E-state index in [1.54, 1.807) is 16.2 Å². The third kappa shape index (κ3) is 4.89. The molecular formula is C16H19NO3S3. The Balaban J connectivity index is 1.86. The van der Waals surface area contributed by atoms with Crippen LogP contribution in [0.1, 0.15) is 36.1 Å². The van der Waals surface area contributed by atoms with Gasteiger partial charge in [0.2, 0.25) is 0 Å². The number of rotatable bonds is 7. The van der Waals surface area contributed by atoms with E-state index < -0.39 is 0 Å². The van der Waals surface area contributed by atoms with Gasteiger partial charge in [0.1, 0.15) is 4.32 Å². The van der Waals surface area contributed by atoms with E-state index in [0.717, 1.165) is 24.1 Å². The quantitative estimate of drug-likeness (QED) is 0.315. The number of hydrogen-bond acceptors (Lipinski definition) is 6. The molecule has 0 N–H and O–H groups in total. The fourth-order valence-electron chi connectivity index (χ4n) is 2.16. The topological polar surface area (TPSA) is 46.6 Å². The monoisotopic (exact) mass is 369 g/mol. The third-order valence-corrected chi connectivity index (χ3v) is 5.87. The van der Waals surface area contributed by atoms with E-state index in [-0.39, 0.29) is 11.9 Å². The molecule has 4 nitrogen and oxygen atoms in total. The Morgan fingerprint density at radius 1 is 1.39 bits per heavy atom. The van der Waals surface area contributed by atoms with Gasteiger partial charge < -0.3 is 4.74 Å². The average molecular weight is 370 g/mol. The lowest BCUT2D eigenvalue weighted by Gasteiger charge is -2.13. The fraction of sp³-hybridized carbons (Fsp3) is 0.438. The smallest absolute Gasteiger partial charge is 0.305 e. The molecule has 1 aromatic heterocycles. The summed E-state index contributed by atoms with van der Waals surface area (Å²) in [5.41, 5.74) is 1.17.